The molecule has 0 radical (unpaired) electrons. The quantitative estimate of drug-likeness (QED) is 0.385. The highest BCUT2D eigenvalue weighted by molar-refractivity contribution is 9.09. The summed E-state index contributed by atoms with van der Waals surface area (Å²) in [5.74, 6) is 0.740. The number of halogens is 1. The molecule has 3 aromatic carbocycles. The Kier molecular flexibility index (Phi) is 3.46. The zero-order valence-electron chi connectivity index (χ0n) is 12.1. The van der Waals surface area contributed by atoms with Gasteiger partial charge in [0.2, 0.25) is 0 Å². The minimum Gasteiger partial charge on any atom is -0.0928 e. The van der Waals surface area contributed by atoms with Crippen molar-refractivity contribution in [3.63, 3.8) is 0 Å². The maximum absolute atomic E-state index is 3.62. The number of rotatable bonds is 2. The molecule has 1 atom stereocenters. The van der Waals surface area contributed by atoms with Gasteiger partial charge in [-0.25, -0.2) is 0 Å². The Morgan fingerprint density at radius 2 is 1.76 bits per heavy atom. The van der Waals surface area contributed by atoms with Gasteiger partial charge in [0.25, 0.3) is 0 Å². The molecule has 1 unspecified atom stereocenters. The third-order valence-corrected chi connectivity index (χ3v) is 5.41. The molecule has 1 aliphatic rings. The lowest BCUT2D eigenvalue weighted by Gasteiger charge is -2.26. The van der Waals surface area contributed by atoms with Gasteiger partial charge in [0.15, 0.2) is 0 Å². The van der Waals surface area contributed by atoms with Crippen molar-refractivity contribution < 1.29 is 0 Å². The van der Waals surface area contributed by atoms with Crippen molar-refractivity contribution in [3.05, 3.63) is 59.7 Å². The first-order valence-electron chi connectivity index (χ1n) is 7.87. The van der Waals surface area contributed by atoms with Gasteiger partial charge in [-0.05, 0) is 64.3 Å². The van der Waals surface area contributed by atoms with E-state index in [1.807, 2.05) is 0 Å². The maximum Gasteiger partial charge on any atom is 0.00371 e. The molecule has 0 spiro atoms. The monoisotopic (exact) mass is 338 g/mol. The Bertz CT molecular complexity index is 803. The van der Waals surface area contributed by atoms with Gasteiger partial charge in [-0.3, -0.25) is 0 Å². The summed E-state index contributed by atoms with van der Waals surface area (Å²) in [6, 6.07) is 18.1. The second-order valence-electron chi connectivity index (χ2n) is 6.08. The Morgan fingerprint density at radius 3 is 2.67 bits per heavy atom. The summed E-state index contributed by atoms with van der Waals surface area (Å²) in [6.07, 6.45) is 5.17. The Labute approximate surface area is 134 Å². The Morgan fingerprint density at radius 1 is 0.905 bits per heavy atom. The van der Waals surface area contributed by atoms with E-state index in [1.165, 1.54) is 47.2 Å². The van der Waals surface area contributed by atoms with Crippen LogP contribution in [0.5, 0.6) is 0 Å². The summed E-state index contributed by atoms with van der Waals surface area (Å²) in [5, 5.41) is 6.74. The molecule has 0 fully saturated rings. The summed E-state index contributed by atoms with van der Waals surface area (Å²) < 4.78 is 0. The van der Waals surface area contributed by atoms with Gasteiger partial charge in [-0.2, -0.15) is 0 Å². The Balaban J connectivity index is 1.99. The fraction of sp³-hybridized carbons (Fsp3) is 0.300. The molecule has 3 aromatic rings. The summed E-state index contributed by atoms with van der Waals surface area (Å²) >= 11 is 3.62. The molecule has 0 nitrogen and oxygen atoms in total. The van der Waals surface area contributed by atoms with Crippen LogP contribution in [0.25, 0.3) is 21.5 Å². The lowest BCUT2D eigenvalue weighted by molar-refractivity contribution is 0.546. The Hall–Kier alpha value is -1.34. The van der Waals surface area contributed by atoms with Crippen LogP contribution in [0.3, 0.4) is 0 Å². The summed E-state index contributed by atoms with van der Waals surface area (Å²) in [4.78, 5) is 0. The van der Waals surface area contributed by atoms with E-state index in [-0.39, 0.29) is 0 Å². The average molecular weight is 339 g/mol. The number of alkyl halides is 1. The van der Waals surface area contributed by atoms with Crippen LogP contribution < -0.4 is 0 Å². The van der Waals surface area contributed by atoms with Crippen molar-refractivity contribution in [1.29, 1.82) is 0 Å². The van der Waals surface area contributed by atoms with Gasteiger partial charge < -0.3 is 0 Å². The summed E-state index contributed by atoms with van der Waals surface area (Å²) in [6.45, 7) is 0. The highest BCUT2D eigenvalue weighted by Crippen LogP contribution is 2.39. The highest BCUT2D eigenvalue weighted by Gasteiger charge is 2.21. The number of hydrogen-bond acceptors (Lipinski definition) is 0. The van der Waals surface area contributed by atoms with Gasteiger partial charge in [0.1, 0.15) is 0 Å². The fourth-order valence-corrected chi connectivity index (χ4v) is 4.49. The van der Waals surface area contributed by atoms with E-state index < -0.39 is 0 Å². The predicted octanol–water partition coefficient (Wildman–Crippen LogP) is 6.20. The largest absolute Gasteiger partial charge is 0.0928 e. The molecule has 21 heavy (non-hydrogen) atoms. The first kappa shape index (κ1) is 13.3. The predicted molar refractivity (Wildman–Crippen MR) is 95.5 cm³/mol. The molecule has 0 bridgehead atoms. The van der Waals surface area contributed by atoms with E-state index in [1.54, 1.807) is 11.1 Å². The summed E-state index contributed by atoms with van der Waals surface area (Å²) in [5.41, 5.74) is 3.21. The minimum absolute atomic E-state index is 0.740. The molecule has 0 N–H and O–H groups in total. The average Bonchev–Trinajstić information content (AvgIpc) is 2.55. The van der Waals surface area contributed by atoms with Crippen molar-refractivity contribution >= 4 is 37.5 Å². The van der Waals surface area contributed by atoms with E-state index in [0.29, 0.717) is 0 Å². The first-order chi connectivity index (χ1) is 10.4. The molecule has 1 aliphatic carbocycles. The van der Waals surface area contributed by atoms with Crippen LogP contribution in [0.4, 0.5) is 0 Å². The van der Waals surface area contributed by atoms with E-state index in [9.17, 15) is 0 Å². The van der Waals surface area contributed by atoms with Gasteiger partial charge in [0.05, 0.1) is 0 Å². The summed E-state index contributed by atoms with van der Waals surface area (Å²) in [7, 11) is 0. The zero-order valence-corrected chi connectivity index (χ0v) is 13.7. The third-order valence-electron chi connectivity index (χ3n) is 4.95. The van der Waals surface area contributed by atoms with E-state index in [4.69, 9.17) is 0 Å². The van der Waals surface area contributed by atoms with E-state index >= 15 is 0 Å². The number of fused-ring (bicyclic) bond motifs is 5. The van der Waals surface area contributed by atoms with E-state index in [0.717, 1.165) is 11.2 Å². The van der Waals surface area contributed by atoms with Crippen molar-refractivity contribution in [2.24, 2.45) is 0 Å². The lowest BCUT2D eigenvalue weighted by Crippen LogP contribution is -2.10. The maximum atomic E-state index is 3.62. The van der Waals surface area contributed by atoms with Gasteiger partial charge >= 0.3 is 0 Å². The zero-order chi connectivity index (χ0) is 14.2. The molecule has 0 aromatic heterocycles. The molecular formula is C20H19Br. The van der Waals surface area contributed by atoms with Crippen LogP contribution in [-0.2, 0) is 6.42 Å². The first-order valence-corrected chi connectivity index (χ1v) is 9.00. The number of benzene rings is 3. The number of hydrogen-bond donors (Lipinski definition) is 0. The van der Waals surface area contributed by atoms with Crippen LogP contribution in [0.1, 0.15) is 36.3 Å². The van der Waals surface area contributed by atoms with Gasteiger partial charge in [-0.15, -0.1) is 0 Å². The normalized spacial score (nSPS) is 18.0. The fourth-order valence-electron chi connectivity index (χ4n) is 3.94. The molecule has 0 aliphatic heterocycles. The molecule has 0 saturated carbocycles. The standard InChI is InChI=1S/C20H19Br/c21-13-12-15-5-3-7-18-17(15)10-11-19-16-6-2-1-4-14(16)8-9-20(18)19/h1-2,4,6,8-11,15H,3,5,7,12-13H2. The smallest absolute Gasteiger partial charge is 0.00371 e. The minimum atomic E-state index is 0.740. The highest BCUT2D eigenvalue weighted by atomic mass is 79.9. The van der Waals surface area contributed by atoms with E-state index in [2.05, 4.69) is 64.5 Å². The van der Waals surface area contributed by atoms with Crippen LogP contribution in [0.15, 0.2) is 48.5 Å². The lowest BCUT2D eigenvalue weighted by atomic mass is 9.79. The number of aryl methyl sites for hydroxylation is 1. The van der Waals surface area contributed by atoms with Crippen molar-refractivity contribution in [3.8, 4) is 0 Å². The van der Waals surface area contributed by atoms with Gasteiger partial charge in [0, 0.05) is 5.33 Å². The van der Waals surface area contributed by atoms with Crippen LogP contribution >= 0.6 is 15.9 Å². The second-order valence-corrected chi connectivity index (χ2v) is 6.87. The molecule has 4 rings (SSSR count). The van der Waals surface area contributed by atoms with Crippen molar-refractivity contribution in [2.75, 3.05) is 5.33 Å². The SMILES string of the molecule is BrCCC1CCCc2c1ccc1c2ccc2ccccc21. The second kappa shape index (κ2) is 5.46. The van der Waals surface area contributed by atoms with Crippen LogP contribution in [0.2, 0.25) is 0 Å². The molecular weight excluding hydrogens is 320 g/mol. The van der Waals surface area contributed by atoms with Crippen LogP contribution in [-0.4, -0.2) is 5.33 Å². The topological polar surface area (TPSA) is 0 Å². The molecule has 0 heterocycles. The van der Waals surface area contributed by atoms with Crippen molar-refractivity contribution in [1.82, 2.24) is 0 Å². The van der Waals surface area contributed by atoms with Gasteiger partial charge in [-0.1, -0.05) is 64.5 Å². The molecule has 0 amide bonds. The molecule has 0 saturated heterocycles. The van der Waals surface area contributed by atoms with Crippen LogP contribution in [0, 0.1) is 0 Å². The van der Waals surface area contributed by atoms with Crippen molar-refractivity contribution in [2.45, 2.75) is 31.6 Å². The molecule has 106 valence electrons. The third kappa shape index (κ3) is 2.19. The molecule has 1 heteroatoms.